The maximum Gasteiger partial charge on any atom is 0.429 e. The van der Waals surface area contributed by atoms with Crippen molar-refractivity contribution >= 4 is 23.6 Å². The van der Waals surface area contributed by atoms with Gasteiger partial charge in [-0.3, -0.25) is 4.79 Å². The number of carbonyl (C=O) groups is 1. The molecule has 0 radical (unpaired) electrons. The molecular weight excluding hydrogens is 309 g/mol. The SMILES string of the molecule is Cc1cc(Cl)c2c(c1C)C=C(CC(=O)O)C(C(F)(F)F)O2. The van der Waals surface area contributed by atoms with Gasteiger partial charge in [-0.05, 0) is 42.7 Å². The summed E-state index contributed by atoms with van der Waals surface area (Å²) in [7, 11) is 0. The van der Waals surface area contributed by atoms with Crippen molar-refractivity contribution in [2.24, 2.45) is 0 Å². The van der Waals surface area contributed by atoms with E-state index in [4.69, 9.17) is 21.4 Å². The van der Waals surface area contributed by atoms with Crippen LogP contribution in [0.25, 0.3) is 6.08 Å². The van der Waals surface area contributed by atoms with E-state index in [0.29, 0.717) is 11.1 Å². The molecular formula is C14H12ClF3O3. The molecule has 1 aliphatic heterocycles. The highest BCUT2D eigenvalue weighted by Gasteiger charge is 2.47. The summed E-state index contributed by atoms with van der Waals surface area (Å²) >= 11 is 5.95. The number of carboxylic acid groups (broad SMARTS) is 1. The fourth-order valence-corrected chi connectivity index (χ4v) is 2.53. The Kier molecular flexibility index (Phi) is 3.93. The summed E-state index contributed by atoms with van der Waals surface area (Å²) in [4.78, 5) is 10.8. The normalized spacial score (nSPS) is 17.8. The number of aryl methyl sites for hydroxylation is 1. The minimum absolute atomic E-state index is 0.0590. The Labute approximate surface area is 124 Å². The molecule has 2 rings (SSSR count). The summed E-state index contributed by atoms with van der Waals surface area (Å²) in [6.45, 7) is 3.48. The predicted octanol–water partition coefficient (Wildman–Crippen LogP) is 4.14. The molecule has 7 heteroatoms. The first kappa shape index (κ1) is 15.7. The summed E-state index contributed by atoms with van der Waals surface area (Å²) in [6.07, 6.45) is -6.52. The molecule has 1 N–H and O–H groups in total. The number of carboxylic acids is 1. The predicted molar refractivity (Wildman–Crippen MR) is 71.6 cm³/mol. The van der Waals surface area contributed by atoms with Gasteiger partial charge in [0.1, 0.15) is 5.75 Å². The fourth-order valence-electron chi connectivity index (χ4n) is 2.22. The van der Waals surface area contributed by atoms with Crippen LogP contribution in [-0.2, 0) is 4.79 Å². The highest BCUT2D eigenvalue weighted by Crippen LogP contribution is 2.43. The molecule has 3 nitrogen and oxygen atoms in total. The van der Waals surface area contributed by atoms with Gasteiger partial charge in [-0.2, -0.15) is 13.2 Å². The van der Waals surface area contributed by atoms with E-state index in [1.54, 1.807) is 13.8 Å². The second kappa shape index (κ2) is 5.26. The van der Waals surface area contributed by atoms with Crippen LogP contribution in [0.5, 0.6) is 5.75 Å². The third kappa shape index (κ3) is 3.00. The van der Waals surface area contributed by atoms with Gasteiger partial charge in [0.2, 0.25) is 6.10 Å². The topological polar surface area (TPSA) is 46.5 Å². The van der Waals surface area contributed by atoms with E-state index in [-0.39, 0.29) is 16.3 Å². The van der Waals surface area contributed by atoms with Crippen LogP contribution in [0.1, 0.15) is 23.1 Å². The van der Waals surface area contributed by atoms with Gasteiger partial charge in [0.15, 0.2) is 0 Å². The number of alkyl halides is 3. The molecule has 1 heterocycles. The molecule has 0 bridgehead atoms. The summed E-state index contributed by atoms with van der Waals surface area (Å²) in [5.74, 6) is -1.41. The lowest BCUT2D eigenvalue weighted by Gasteiger charge is -2.30. The first-order valence-electron chi connectivity index (χ1n) is 6.06. The number of rotatable bonds is 2. The molecule has 1 aliphatic rings. The standard InChI is InChI=1S/C14H12ClF3O3/c1-6-3-10(15)12-9(7(6)2)4-8(5-11(19)20)13(21-12)14(16,17)18/h3-4,13H,5H2,1-2H3,(H,19,20). The highest BCUT2D eigenvalue weighted by molar-refractivity contribution is 6.32. The van der Waals surface area contributed by atoms with Crippen molar-refractivity contribution < 1.29 is 27.8 Å². The van der Waals surface area contributed by atoms with Crippen molar-refractivity contribution in [1.82, 2.24) is 0 Å². The van der Waals surface area contributed by atoms with Gasteiger partial charge in [-0.25, -0.2) is 0 Å². The average Bonchev–Trinajstić information content (AvgIpc) is 2.33. The van der Waals surface area contributed by atoms with E-state index in [9.17, 15) is 18.0 Å². The number of aliphatic carboxylic acids is 1. The van der Waals surface area contributed by atoms with E-state index < -0.39 is 24.7 Å². The van der Waals surface area contributed by atoms with Crippen molar-refractivity contribution in [1.29, 1.82) is 0 Å². The molecule has 0 fully saturated rings. The maximum atomic E-state index is 13.0. The lowest BCUT2D eigenvalue weighted by molar-refractivity contribution is -0.184. The maximum absolute atomic E-state index is 13.0. The minimum Gasteiger partial charge on any atom is -0.481 e. The van der Waals surface area contributed by atoms with Crippen LogP contribution < -0.4 is 4.74 Å². The van der Waals surface area contributed by atoms with Gasteiger partial charge in [0.25, 0.3) is 0 Å². The third-order valence-electron chi connectivity index (χ3n) is 3.36. The number of halogens is 4. The Hall–Kier alpha value is -1.69. The lowest BCUT2D eigenvalue weighted by atomic mass is 9.94. The summed E-state index contributed by atoms with van der Waals surface area (Å²) in [5.41, 5.74) is 1.56. The van der Waals surface area contributed by atoms with E-state index in [2.05, 4.69) is 0 Å². The van der Waals surface area contributed by atoms with Crippen LogP contribution >= 0.6 is 11.6 Å². The molecule has 0 saturated carbocycles. The van der Waals surface area contributed by atoms with Gasteiger partial charge in [0.05, 0.1) is 11.4 Å². The van der Waals surface area contributed by atoms with Gasteiger partial charge < -0.3 is 9.84 Å². The summed E-state index contributed by atoms with van der Waals surface area (Å²) < 4.78 is 44.1. The van der Waals surface area contributed by atoms with Crippen molar-refractivity contribution in [3.63, 3.8) is 0 Å². The largest absolute Gasteiger partial charge is 0.481 e. The van der Waals surface area contributed by atoms with Gasteiger partial charge in [-0.15, -0.1) is 0 Å². The second-order valence-electron chi connectivity index (χ2n) is 4.87. The van der Waals surface area contributed by atoms with E-state index in [1.807, 2.05) is 0 Å². The van der Waals surface area contributed by atoms with Crippen LogP contribution in [0, 0.1) is 13.8 Å². The van der Waals surface area contributed by atoms with E-state index in [0.717, 1.165) is 5.56 Å². The average molecular weight is 321 g/mol. The number of hydrogen-bond donors (Lipinski definition) is 1. The minimum atomic E-state index is -4.71. The quantitative estimate of drug-likeness (QED) is 0.891. The van der Waals surface area contributed by atoms with E-state index in [1.165, 1.54) is 12.1 Å². The van der Waals surface area contributed by atoms with Crippen LogP contribution in [-0.4, -0.2) is 23.4 Å². The van der Waals surface area contributed by atoms with Gasteiger partial charge in [-0.1, -0.05) is 11.6 Å². The summed E-state index contributed by atoms with van der Waals surface area (Å²) in [6, 6.07) is 1.53. The number of benzene rings is 1. The molecule has 0 saturated heterocycles. The van der Waals surface area contributed by atoms with Crippen molar-refractivity contribution in [2.45, 2.75) is 32.5 Å². The highest BCUT2D eigenvalue weighted by atomic mass is 35.5. The van der Waals surface area contributed by atoms with Crippen molar-refractivity contribution in [3.8, 4) is 5.75 Å². The third-order valence-corrected chi connectivity index (χ3v) is 3.64. The Morgan fingerprint density at radius 1 is 1.43 bits per heavy atom. The Morgan fingerprint density at radius 2 is 2.05 bits per heavy atom. The fraction of sp³-hybridized carbons (Fsp3) is 0.357. The number of ether oxygens (including phenoxy) is 1. The molecule has 0 amide bonds. The molecule has 1 aromatic rings. The molecule has 21 heavy (non-hydrogen) atoms. The summed E-state index contributed by atoms with van der Waals surface area (Å²) in [5, 5.41) is 8.86. The van der Waals surface area contributed by atoms with Crippen LogP contribution in [0.3, 0.4) is 0 Å². The first-order chi connectivity index (χ1) is 9.61. The molecule has 1 unspecified atom stereocenters. The van der Waals surface area contributed by atoms with Crippen LogP contribution in [0.4, 0.5) is 13.2 Å². The van der Waals surface area contributed by atoms with Crippen LogP contribution in [0.15, 0.2) is 11.6 Å². The monoisotopic (exact) mass is 320 g/mol. The number of hydrogen-bond acceptors (Lipinski definition) is 2. The molecule has 1 atom stereocenters. The van der Waals surface area contributed by atoms with Crippen molar-refractivity contribution in [3.05, 3.63) is 33.4 Å². The molecule has 0 aliphatic carbocycles. The first-order valence-corrected chi connectivity index (χ1v) is 6.44. The smallest absolute Gasteiger partial charge is 0.429 e. The Bertz CT molecular complexity index is 635. The second-order valence-corrected chi connectivity index (χ2v) is 5.28. The lowest BCUT2D eigenvalue weighted by Crippen LogP contribution is -2.38. The zero-order valence-corrected chi connectivity index (χ0v) is 12.0. The molecule has 114 valence electrons. The van der Waals surface area contributed by atoms with Gasteiger partial charge >= 0.3 is 12.1 Å². The Morgan fingerprint density at radius 3 is 2.57 bits per heavy atom. The Balaban J connectivity index is 2.62. The van der Waals surface area contributed by atoms with Crippen LogP contribution in [0.2, 0.25) is 5.02 Å². The molecule has 0 spiro atoms. The molecule has 1 aromatic carbocycles. The van der Waals surface area contributed by atoms with Gasteiger partial charge in [0, 0.05) is 5.56 Å². The van der Waals surface area contributed by atoms with Crippen molar-refractivity contribution in [2.75, 3.05) is 0 Å². The number of fused-ring (bicyclic) bond motifs is 1. The van der Waals surface area contributed by atoms with E-state index >= 15 is 0 Å². The zero-order valence-electron chi connectivity index (χ0n) is 11.2. The zero-order chi connectivity index (χ0) is 15.9. The molecule has 0 aromatic heterocycles.